The Morgan fingerprint density at radius 1 is 1.05 bits per heavy atom. The Hall–Kier alpha value is -1.87. The fourth-order valence-corrected chi connectivity index (χ4v) is 2.08. The van der Waals surface area contributed by atoms with Gasteiger partial charge in [0.25, 0.3) is 0 Å². The monoisotopic (exact) mass is 273 g/mol. The molecule has 0 atom stereocenters. The first-order valence-electron chi connectivity index (χ1n) is 6.92. The summed E-state index contributed by atoms with van der Waals surface area (Å²) >= 11 is 0. The Kier molecular flexibility index (Phi) is 5.13. The maximum atomic E-state index is 13.3. The van der Waals surface area contributed by atoms with Crippen LogP contribution in [0.25, 0.3) is 0 Å². The Balaban J connectivity index is 1.97. The van der Waals surface area contributed by atoms with Crippen molar-refractivity contribution in [1.82, 2.24) is 0 Å². The predicted octanol–water partition coefficient (Wildman–Crippen LogP) is 3.82. The van der Waals surface area contributed by atoms with Crippen LogP contribution in [0.5, 0.6) is 5.75 Å². The molecule has 0 fully saturated rings. The van der Waals surface area contributed by atoms with E-state index in [1.807, 2.05) is 12.1 Å². The molecular formula is C17H20FNO. The number of nitrogens with two attached hydrogens (primary N) is 1. The summed E-state index contributed by atoms with van der Waals surface area (Å²) in [5.74, 6) is 0.559. The molecule has 0 amide bonds. The van der Waals surface area contributed by atoms with Crippen molar-refractivity contribution in [2.45, 2.75) is 32.9 Å². The van der Waals surface area contributed by atoms with E-state index in [9.17, 15) is 4.39 Å². The van der Waals surface area contributed by atoms with Crippen LogP contribution >= 0.6 is 0 Å². The van der Waals surface area contributed by atoms with Gasteiger partial charge in [-0.2, -0.15) is 0 Å². The molecule has 0 spiro atoms. The first-order chi connectivity index (χ1) is 9.72. The highest BCUT2D eigenvalue weighted by Gasteiger charge is 2.03. The summed E-state index contributed by atoms with van der Waals surface area (Å²) in [6, 6.07) is 13.0. The summed E-state index contributed by atoms with van der Waals surface area (Å²) < 4.78 is 19.0. The number of hydrogen-bond acceptors (Lipinski definition) is 2. The lowest BCUT2D eigenvalue weighted by Gasteiger charge is -2.09. The Morgan fingerprint density at radius 3 is 2.40 bits per heavy atom. The van der Waals surface area contributed by atoms with E-state index in [4.69, 9.17) is 10.5 Å². The molecule has 0 bridgehead atoms. The van der Waals surface area contributed by atoms with Gasteiger partial charge in [-0.25, -0.2) is 4.39 Å². The third kappa shape index (κ3) is 3.81. The second-order valence-corrected chi connectivity index (χ2v) is 4.81. The molecule has 2 N–H and O–H groups in total. The van der Waals surface area contributed by atoms with Gasteiger partial charge in [-0.3, -0.25) is 0 Å². The third-order valence-corrected chi connectivity index (χ3v) is 3.20. The van der Waals surface area contributed by atoms with Crippen LogP contribution in [0, 0.1) is 5.82 Å². The molecule has 2 rings (SSSR count). The van der Waals surface area contributed by atoms with E-state index < -0.39 is 0 Å². The molecule has 3 heteroatoms. The molecule has 20 heavy (non-hydrogen) atoms. The van der Waals surface area contributed by atoms with Gasteiger partial charge in [-0.1, -0.05) is 31.5 Å². The predicted molar refractivity (Wildman–Crippen MR) is 79.1 cm³/mol. The van der Waals surface area contributed by atoms with Crippen molar-refractivity contribution in [3.63, 3.8) is 0 Å². The fourth-order valence-electron chi connectivity index (χ4n) is 2.08. The zero-order valence-electron chi connectivity index (χ0n) is 11.7. The highest BCUT2D eigenvalue weighted by Crippen LogP contribution is 2.16. The lowest BCUT2D eigenvalue weighted by atomic mass is 10.1. The largest absolute Gasteiger partial charge is 0.489 e. The van der Waals surface area contributed by atoms with Gasteiger partial charge in [-0.05, 0) is 41.8 Å². The zero-order valence-corrected chi connectivity index (χ0v) is 11.7. The van der Waals surface area contributed by atoms with E-state index in [1.54, 1.807) is 12.1 Å². The lowest BCUT2D eigenvalue weighted by molar-refractivity contribution is 0.306. The van der Waals surface area contributed by atoms with Crippen LogP contribution < -0.4 is 10.5 Å². The Labute approximate surface area is 119 Å². The van der Waals surface area contributed by atoms with Gasteiger partial charge in [0.1, 0.15) is 18.2 Å². The molecule has 2 aromatic rings. The molecule has 0 saturated heterocycles. The Bertz CT molecular complexity index is 551. The van der Waals surface area contributed by atoms with Crippen molar-refractivity contribution in [3.05, 3.63) is 65.0 Å². The molecule has 2 aromatic carbocycles. The highest BCUT2D eigenvalue weighted by molar-refractivity contribution is 5.29. The standard InChI is InChI=1S/C17H20FNO/c1-2-3-13-4-7-16(8-5-13)20-12-14-6-9-17(18)15(10-14)11-19/h4-10H,2-3,11-12,19H2,1H3. The molecule has 0 radical (unpaired) electrons. The van der Waals surface area contributed by atoms with Gasteiger partial charge in [0.2, 0.25) is 0 Å². The van der Waals surface area contributed by atoms with Crippen LogP contribution in [0.3, 0.4) is 0 Å². The van der Waals surface area contributed by atoms with Gasteiger partial charge in [0, 0.05) is 12.1 Å². The summed E-state index contributed by atoms with van der Waals surface area (Å²) in [4.78, 5) is 0. The van der Waals surface area contributed by atoms with E-state index in [0.29, 0.717) is 12.2 Å². The average molecular weight is 273 g/mol. The smallest absolute Gasteiger partial charge is 0.127 e. The molecule has 0 heterocycles. The lowest BCUT2D eigenvalue weighted by Crippen LogP contribution is -2.02. The van der Waals surface area contributed by atoms with Gasteiger partial charge >= 0.3 is 0 Å². The molecule has 0 aromatic heterocycles. The number of hydrogen-bond donors (Lipinski definition) is 1. The van der Waals surface area contributed by atoms with Crippen molar-refractivity contribution in [3.8, 4) is 5.75 Å². The first-order valence-corrected chi connectivity index (χ1v) is 6.92. The van der Waals surface area contributed by atoms with Gasteiger partial charge < -0.3 is 10.5 Å². The SMILES string of the molecule is CCCc1ccc(OCc2ccc(F)c(CN)c2)cc1. The van der Waals surface area contributed by atoms with Crippen molar-refractivity contribution >= 4 is 0 Å². The van der Waals surface area contributed by atoms with Crippen LogP contribution in [0.4, 0.5) is 4.39 Å². The third-order valence-electron chi connectivity index (χ3n) is 3.20. The molecule has 106 valence electrons. The number of aryl methyl sites for hydroxylation is 1. The quantitative estimate of drug-likeness (QED) is 0.868. The van der Waals surface area contributed by atoms with Crippen LogP contribution in [0.2, 0.25) is 0 Å². The van der Waals surface area contributed by atoms with E-state index in [2.05, 4.69) is 19.1 Å². The number of ether oxygens (including phenoxy) is 1. The fraction of sp³-hybridized carbons (Fsp3) is 0.294. The van der Waals surface area contributed by atoms with Crippen molar-refractivity contribution in [2.75, 3.05) is 0 Å². The van der Waals surface area contributed by atoms with Crippen LogP contribution in [-0.4, -0.2) is 0 Å². The molecule has 0 aliphatic heterocycles. The molecule has 0 unspecified atom stereocenters. The minimum atomic E-state index is -0.264. The second-order valence-electron chi connectivity index (χ2n) is 4.81. The van der Waals surface area contributed by atoms with Crippen LogP contribution in [-0.2, 0) is 19.6 Å². The van der Waals surface area contributed by atoms with Crippen LogP contribution in [0.15, 0.2) is 42.5 Å². The number of rotatable bonds is 6. The molecule has 0 aliphatic carbocycles. The molecular weight excluding hydrogens is 253 g/mol. The second kappa shape index (κ2) is 7.06. The topological polar surface area (TPSA) is 35.2 Å². The van der Waals surface area contributed by atoms with Crippen molar-refractivity contribution < 1.29 is 9.13 Å². The van der Waals surface area contributed by atoms with Crippen LogP contribution in [0.1, 0.15) is 30.0 Å². The van der Waals surface area contributed by atoms with Gasteiger partial charge in [0.05, 0.1) is 0 Å². The van der Waals surface area contributed by atoms with Crippen molar-refractivity contribution in [2.24, 2.45) is 5.73 Å². The summed E-state index contributed by atoms with van der Waals surface area (Å²) in [5, 5.41) is 0. The van der Waals surface area contributed by atoms with E-state index in [1.165, 1.54) is 11.6 Å². The maximum absolute atomic E-state index is 13.3. The zero-order chi connectivity index (χ0) is 14.4. The summed E-state index contributed by atoms with van der Waals surface area (Å²) in [5.41, 5.74) is 8.24. The normalized spacial score (nSPS) is 10.6. The molecule has 2 nitrogen and oxygen atoms in total. The summed E-state index contributed by atoms with van der Waals surface area (Å²) in [6.45, 7) is 2.78. The summed E-state index contributed by atoms with van der Waals surface area (Å²) in [7, 11) is 0. The van der Waals surface area contributed by atoms with Gasteiger partial charge in [0.15, 0.2) is 0 Å². The van der Waals surface area contributed by atoms with E-state index >= 15 is 0 Å². The highest BCUT2D eigenvalue weighted by atomic mass is 19.1. The maximum Gasteiger partial charge on any atom is 0.127 e. The molecule has 0 saturated carbocycles. The van der Waals surface area contributed by atoms with E-state index in [-0.39, 0.29) is 12.4 Å². The minimum absolute atomic E-state index is 0.200. The summed E-state index contributed by atoms with van der Waals surface area (Å²) in [6.07, 6.45) is 2.22. The van der Waals surface area contributed by atoms with E-state index in [0.717, 1.165) is 24.2 Å². The first kappa shape index (κ1) is 14.5. The number of benzene rings is 2. The average Bonchev–Trinajstić information content (AvgIpc) is 2.48. The molecule has 0 aliphatic rings. The van der Waals surface area contributed by atoms with Gasteiger partial charge in [-0.15, -0.1) is 0 Å². The van der Waals surface area contributed by atoms with Crippen molar-refractivity contribution in [1.29, 1.82) is 0 Å². The minimum Gasteiger partial charge on any atom is -0.489 e. The number of halogens is 1. The Morgan fingerprint density at radius 2 is 1.75 bits per heavy atom.